The molecule has 5 heteroatoms. The topological polar surface area (TPSA) is 64.1 Å². The highest BCUT2D eigenvalue weighted by Crippen LogP contribution is 1.97. The van der Waals surface area contributed by atoms with Crippen LogP contribution in [0.4, 0.5) is 0 Å². The molecule has 0 bridgehead atoms. The lowest BCUT2D eigenvalue weighted by atomic mass is 10.4. The van der Waals surface area contributed by atoms with E-state index >= 15 is 0 Å². The number of nitrogens with zero attached hydrogens (tertiary/aromatic N) is 2. The maximum atomic E-state index is 8.56. The summed E-state index contributed by atoms with van der Waals surface area (Å²) in [5.74, 6) is 0.874. The van der Waals surface area contributed by atoms with E-state index in [4.69, 9.17) is 10.8 Å². The van der Waals surface area contributed by atoms with Gasteiger partial charge in [0.1, 0.15) is 5.82 Å². The Balaban J connectivity index is 0.00000121. The lowest BCUT2D eigenvalue weighted by Gasteiger charge is -2.03. The van der Waals surface area contributed by atoms with Crippen LogP contribution in [0.5, 0.6) is 0 Å². The van der Waals surface area contributed by atoms with Crippen LogP contribution in [0.1, 0.15) is 12.2 Å². The van der Waals surface area contributed by atoms with E-state index in [1.807, 2.05) is 10.8 Å². The number of halogens is 1. The molecule has 4 nitrogen and oxygen atoms in total. The first kappa shape index (κ1) is 11.4. The molecule has 3 N–H and O–H groups in total. The van der Waals surface area contributed by atoms with Gasteiger partial charge in [-0.1, -0.05) is 0 Å². The fraction of sp³-hybridized carbons (Fsp3) is 0.571. The van der Waals surface area contributed by atoms with Gasteiger partial charge in [-0.25, -0.2) is 4.98 Å². The molecule has 0 aliphatic heterocycles. The molecule has 70 valence electrons. The zero-order valence-electron chi connectivity index (χ0n) is 6.81. The summed E-state index contributed by atoms with van der Waals surface area (Å²) >= 11 is 0. The highest BCUT2D eigenvalue weighted by molar-refractivity contribution is 5.85. The predicted octanol–water partition coefficient (Wildman–Crippen LogP) is 0.146. The quantitative estimate of drug-likeness (QED) is 0.712. The SMILES string of the molecule is Cl.NCc1nccn1CCCO. The Morgan fingerprint density at radius 1 is 1.58 bits per heavy atom. The Morgan fingerprint density at radius 2 is 2.33 bits per heavy atom. The molecule has 0 radical (unpaired) electrons. The maximum Gasteiger partial charge on any atom is 0.122 e. The van der Waals surface area contributed by atoms with Crippen molar-refractivity contribution in [2.45, 2.75) is 19.5 Å². The highest BCUT2D eigenvalue weighted by atomic mass is 35.5. The largest absolute Gasteiger partial charge is 0.396 e. The summed E-state index contributed by atoms with van der Waals surface area (Å²) in [5.41, 5.74) is 5.42. The van der Waals surface area contributed by atoms with Gasteiger partial charge in [0.05, 0.1) is 6.54 Å². The van der Waals surface area contributed by atoms with Crippen molar-refractivity contribution in [1.82, 2.24) is 9.55 Å². The van der Waals surface area contributed by atoms with Crippen LogP contribution in [0, 0.1) is 0 Å². The molecule has 0 saturated heterocycles. The zero-order chi connectivity index (χ0) is 8.10. The van der Waals surface area contributed by atoms with Crippen LogP contribution >= 0.6 is 12.4 Å². The molecule has 0 aliphatic rings. The maximum absolute atomic E-state index is 8.56. The molecule has 0 fully saturated rings. The average molecular weight is 192 g/mol. The van der Waals surface area contributed by atoms with Gasteiger partial charge in [0.2, 0.25) is 0 Å². The molecule has 1 rings (SSSR count). The first-order chi connectivity index (χ1) is 5.38. The monoisotopic (exact) mass is 191 g/mol. The Bertz CT molecular complexity index is 214. The van der Waals surface area contributed by atoms with E-state index < -0.39 is 0 Å². The molecule has 0 aromatic carbocycles. The minimum Gasteiger partial charge on any atom is -0.396 e. The lowest BCUT2D eigenvalue weighted by molar-refractivity contribution is 0.279. The van der Waals surface area contributed by atoms with Crippen LogP contribution in [0.3, 0.4) is 0 Å². The van der Waals surface area contributed by atoms with E-state index in [1.165, 1.54) is 0 Å². The Morgan fingerprint density at radius 3 is 2.92 bits per heavy atom. The molecular formula is C7H14ClN3O. The molecule has 12 heavy (non-hydrogen) atoms. The number of rotatable bonds is 4. The van der Waals surface area contributed by atoms with Crippen molar-refractivity contribution < 1.29 is 5.11 Å². The molecule has 1 heterocycles. The van der Waals surface area contributed by atoms with Crippen molar-refractivity contribution in [3.05, 3.63) is 18.2 Å². The third-order valence-corrected chi connectivity index (χ3v) is 1.54. The molecule has 0 spiro atoms. The van der Waals surface area contributed by atoms with Crippen molar-refractivity contribution in [3.8, 4) is 0 Å². The second kappa shape index (κ2) is 5.99. The Kier molecular flexibility index (Phi) is 5.70. The Labute approximate surface area is 77.8 Å². The molecule has 0 atom stereocenters. The van der Waals surface area contributed by atoms with Crippen LogP contribution in [-0.4, -0.2) is 21.3 Å². The van der Waals surface area contributed by atoms with Crippen molar-refractivity contribution in [3.63, 3.8) is 0 Å². The van der Waals surface area contributed by atoms with E-state index in [0.29, 0.717) is 6.54 Å². The Hall–Kier alpha value is -0.580. The minimum atomic E-state index is 0. The fourth-order valence-corrected chi connectivity index (χ4v) is 0.975. The van der Waals surface area contributed by atoms with Gasteiger partial charge in [-0.2, -0.15) is 0 Å². The van der Waals surface area contributed by atoms with Crippen LogP contribution in [0.25, 0.3) is 0 Å². The van der Waals surface area contributed by atoms with E-state index in [-0.39, 0.29) is 19.0 Å². The zero-order valence-corrected chi connectivity index (χ0v) is 7.63. The summed E-state index contributed by atoms with van der Waals surface area (Å²) in [6.45, 7) is 1.46. The normalized spacial score (nSPS) is 9.50. The molecule has 0 unspecified atom stereocenters. The standard InChI is InChI=1S/C7H13N3O.ClH/c8-6-7-9-2-4-10(7)3-1-5-11;/h2,4,11H,1,3,5-6,8H2;1H. The minimum absolute atomic E-state index is 0. The van der Waals surface area contributed by atoms with Gasteiger partial charge >= 0.3 is 0 Å². The third-order valence-electron chi connectivity index (χ3n) is 1.54. The number of imidazole rings is 1. The molecule has 0 saturated carbocycles. The number of hydrogen-bond donors (Lipinski definition) is 2. The van der Waals surface area contributed by atoms with Crippen molar-refractivity contribution in [2.75, 3.05) is 6.61 Å². The van der Waals surface area contributed by atoms with Gasteiger partial charge in [-0.3, -0.25) is 0 Å². The summed E-state index contributed by atoms with van der Waals surface area (Å²) < 4.78 is 1.95. The number of aryl methyl sites for hydroxylation is 1. The number of aliphatic hydroxyl groups excluding tert-OH is 1. The summed E-state index contributed by atoms with van der Waals surface area (Å²) in [6, 6.07) is 0. The summed E-state index contributed by atoms with van der Waals surface area (Å²) in [7, 11) is 0. The van der Waals surface area contributed by atoms with Crippen molar-refractivity contribution in [1.29, 1.82) is 0 Å². The first-order valence-corrected chi connectivity index (χ1v) is 3.69. The van der Waals surface area contributed by atoms with Crippen LogP contribution in [0.15, 0.2) is 12.4 Å². The van der Waals surface area contributed by atoms with E-state index in [2.05, 4.69) is 4.98 Å². The number of hydrogen-bond acceptors (Lipinski definition) is 3. The van der Waals surface area contributed by atoms with Crippen LogP contribution in [0.2, 0.25) is 0 Å². The summed E-state index contributed by atoms with van der Waals surface area (Å²) in [5, 5.41) is 8.56. The van der Waals surface area contributed by atoms with Gasteiger partial charge in [-0.15, -0.1) is 12.4 Å². The summed E-state index contributed by atoms with van der Waals surface area (Å²) in [6.07, 6.45) is 4.35. The predicted molar refractivity (Wildman–Crippen MR) is 49.1 cm³/mol. The average Bonchev–Trinajstić information content (AvgIpc) is 2.47. The smallest absolute Gasteiger partial charge is 0.122 e. The van der Waals surface area contributed by atoms with Gasteiger partial charge in [0.15, 0.2) is 0 Å². The number of aliphatic hydroxyl groups is 1. The van der Waals surface area contributed by atoms with Gasteiger partial charge in [-0.05, 0) is 6.42 Å². The first-order valence-electron chi connectivity index (χ1n) is 3.69. The number of nitrogens with two attached hydrogens (primary N) is 1. The molecule has 0 aliphatic carbocycles. The van der Waals surface area contributed by atoms with E-state index in [9.17, 15) is 0 Å². The van der Waals surface area contributed by atoms with Crippen molar-refractivity contribution >= 4 is 12.4 Å². The van der Waals surface area contributed by atoms with Gasteiger partial charge in [0.25, 0.3) is 0 Å². The van der Waals surface area contributed by atoms with Crippen LogP contribution < -0.4 is 5.73 Å². The van der Waals surface area contributed by atoms with E-state index in [0.717, 1.165) is 18.8 Å². The second-order valence-corrected chi connectivity index (χ2v) is 2.32. The van der Waals surface area contributed by atoms with Crippen molar-refractivity contribution in [2.24, 2.45) is 5.73 Å². The fourth-order valence-electron chi connectivity index (χ4n) is 0.975. The third kappa shape index (κ3) is 2.81. The molecule has 0 amide bonds. The number of aromatic nitrogens is 2. The molecule has 1 aromatic heterocycles. The summed E-state index contributed by atoms with van der Waals surface area (Å²) in [4.78, 5) is 4.04. The van der Waals surface area contributed by atoms with Gasteiger partial charge in [0, 0.05) is 25.5 Å². The second-order valence-electron chi connectivity index (χ2n) is 2.32. The van der Waals surface area contributed by atoms with Crippen LogP contribution in [-0.2, 0) is 13.1 Å². The van der Waals surface area contributed by atoms with Gasteiger partial charge < -0.3 is 15.4 Å². The molecule has 1 aromatic rings. The molecular weight excluding hydrogens is 178 g/mol. The van der Waals surface area contributed by atoms with E-state index in [1.54, 1.807) is 6.20 Å². The lowest BCUT2D eigenvalue weighted by Crippen LogP contribution is -2.08. The highest BCUT2D eigenvalue weighted by Gasteiger charge is 1.97.